The Morgan fingerprint density at radius 1 is 1.07 bits per heavy atom. The summed E-state index contributed by atoms with van der Waals surface area (Å²) < 4.78 is 0. The zero-order chi connectivity index (χ0) is 20.1. The number of aliphatic hydroxyl groups excluding tert-OH is 1. The number of benzene rings is 2. The fourth-order valence-electron chi connectivity index (χ4n) is 4.27. The third-order valence-electron chi connectivity index (χ3n) is 5.53. The van der Waals surface area contributed by atoms with Crippen molar-refractivity contribution in [3.8, 4) is 0 Å². The van der Waals surface area contributed by atoms with Gasteiger partial charge in [-0.2, -0.15) is 0 Å². The quantitative estimate of drug-likeness (QED) is 0.773. The minimum absolute atomic E-state index is 0.0833. The van der Waals surface area contributed by atoms with Gasteiger partial charge in [0.25, 0.3) is 5.91 Å². The number of carbonyl (C=O) groups is 2. The summed E-state index contributed by atoms with van der Waals surface area (Å²) in [7, 11) is 0. The van der Waals surface area contributed by atoms with Crippen molar-refractivity contribution in [3.05, 3.63) is 81.6 Å². The highest BCUT2D eigenvalue weighted by molar-refractivity contribution is 6.31. The van der Waals surface area contributed by atoms with E-state index in [4.69, 9.17) is 11.6 Å². The largest absolute Gasteiger partial charge is 0.512 e. The van der Waals surface area contributed by atoms with E-state index in [0.29, 0.717) is 29.0 Å². The number of hydrogen-bond acceptors (Lipinski definition) is 3. The van der Waals surface area contributed by atoms with Crippen molar-refractivity contribution in [1.29, 1.82) is 0 Å². The van der Waals surface area contributed by atoms with E-state index in [1.807, 2.05) is 50.2 Å². The molecule has 0 saturated heterocycles. The smallest absolute Gasteiger partial charge is 0.255 e. The second-order valence-electron chi connectivity index (χ2n) is 8.32. The summed E-state index contributed by atoms with van der Waals surface area (Å²) in [5.41, 5.74) is 2.18. The lowest BCUT2D eigenvalue weighted by atomic mass is 9.74. The Labute approximate surface area is 169 Å². The second kappa shape index (κ2) is 6.78. The van der Waals surface area contributed by atoms with Gasteiger partial charge in [0.2, 0.25) is 0 Å². The Bertz CT molecular complexity index is 1010. The Morgan fingerprint density at radius 2 is 1.75 bits per heavy atom. The van der Waals surface area contributed by atoms with Crippen LogP contribution in [-0.2, 0) is 11.3 Å². The average molecular weight is 396 g/mol. The predicted molar refractivity (Wildman–Crippen MR) is 108 cm³/mol. The van der Waals surface area contributed by atoms with Gasteiger partial charge >= 0.3 is 0 Å². The number of halogens is 1. The molecule has 1 amide bonds. The van der Waals surface area contributed by atoms with Gasteiger partial charge in [0.05, 0.1) is 11.6 Å². The van der Waals surface area contributed by atoms with Crippen molar-refractivity contribution in [1.82, 2.24) is 4.90 Å². The summed E-state index contributed by atoms with van der Waals surface area (Å²) in [6.45, 7) is 4.20. The molecular weight excluding hydrogens is 374 g/mol. The molecule has 4 rings (SSSR count). The Balaban J connectivity index is 1.83. The summed E-state index contributed by atoms with van der Waals surface area (Å²) in [5, 5.41) is 11.3. The van der Waals surface area contributed by atoms with Crippen LogP contribution in [0.3, 0.4) is 0 Å². The molecule has 5 heteroatoms. The van der Waals surface area contributed by atoms with Crippen LogP contribution < -0.4 is 0 Å². The molecule has 2 aromatic carbocycles. The van der Waals surface area contributed by atoms with Gasteiger partial charge in [0.1, 0.15) is 5.76 Å². The van der Waals surface area contributed by atoms with E-state index < -0.39 is 6.04 Å². The zero-order valence-electron chi connectivity index (χ0n) is 15.9. The highest BCUT2D eigenvalue weighted by Gasteiger charge is 2.45. The van der Waals surface area contributed by atoms with Crippen molar-refractivity contribution >= 4 is 23.3 Å². The number of ketones is 1. The molecule has 1 unspecified atom stereocenters. The van der Waals surface area contributed by atoms with E-state index in [2.05, 4.69) is 0 Å². The molecule has 0 saturated carbocycles. The van der Waals surface area contributed by atoms with Crippen LogP contribution in [0.2, 0.25) is 5.02 Å². The molecule has 2 aliphatic rings. The number of hydrogen-bond donors (Lipinski definition) is 1. The highest BCUT2D eigenvalue weighted by Crippen LogP contribution is 2.46. The fraction of sp³-hybridized carbons (Fsp3) is 0.304. The van der Waals surface area contributed by atoms with Crippen molar-refractivity contribution in [3.63, 3.8) is 0 Å². The fourth-order valence-corrected chi connectivity index (χ4v) is 4.46. The van der Waals surface area contributed by atoms with Gasteiger partial charge in [-0.3, -0.25) is 9.59 Å². The SMILES string of the molecule is CC1(C)CC(=O)C(C2c3ccccc3C(=O)N2Cc2ccccc2Cl)=C(O)C1. The molecule has 1 aliphatic carbocycles. The Hall–Kier alpha value is -2.59. The van der Waals surface area contributed by atoms with Gasteiger partial charge < -0.3 is 10.0 Å². The zero-order valence-corrected chi connectivity index (χ0v) is 16.7. The summed E-state index contributed by atoms with van der Waals surface area (Å²) >= 11 is 6.32. The van der Waals surface area contributed by atoms with Gasteiger partial charge in [0, 0.05) is 30.0 Å². The van der Waals surface area contributed by atoms with Crippen LogP contribution >= 0.6 is 11.6 Å². The van der Waals surface area contributed by atoms with E-state index in [0.717, 1.165) is 11.1 Å². The number of rotatable bonds is 3. The molecule has 1 aliphatic heterocycles. The number of aliphatic hydroxyl groups is 1. The highest BCUT2D eigenvalue weighted by atomic mass is 35.5. The Morgan fingerprint density at radius 3 is 2.46 bits per heavy atom. The van der Waals surface area contributed by atoms with Gasteiger partial charge in [-0.1, -0.05) is 61.8 Å². The average Bonchev–Trinajstić information content (AvgIpc) is 2.88. The molecule has 0 radical (unpaired) electrons. The summed E-state index contributed by atoms with van der Waals surface area (Å²) in [6, 6.07) is 14.1. The number of Topliss-reactive ketones (excluding diaryl/α,β-unsaturated/α-hetero) is 1. The molecule has 4 nitrogen and oxygen atoms in total. The Kier molecular flexibility index (Phi) is 4.54. The first kappa shape index (κ1) is 18.8. The molecule has 0 fully saturated rings. The lowest BCUT2D eigenvalue weighted by Crippen LogP contribution is -2.35. The van der Waals surface area contributed by atoms with Crippen LogP contribution in [0.4, 0.5) is 0 Å². The monoisotopic (exact) mass is 395 g/mol. The molecule has 0 spiro atoms. The molecule has 2 aromatic rings. The maximum atomic E-state index is 13.2. The third kappa shape index (κ3) is 3.12. The van der Waals surface area contributed by atoms with Gasteiger partial charge in [0.15, 0.2) is 5.78 Å². The van der Waals surface area contributed by atoms with E-state index in [1.54, 1.807) is 17.0 Å². The van der Waals surface area contributed by atoms with E-state index in [-0.39, 0.29) is 29.4 Å². The maximum absolute atomic E-state index is 13.2. The first-order valence-corrected chi connectivity index (χ1v) is 9.75. The van der Waals surface area contributed by atoms with Crippen LogP contribution in [0.5, 0.6) is 0 Å². The molecule has 1 N–H and O–H groups in total. The van der Waals surface area contributed by atoms with Crippen LogP contribution in [0.15, 0.2) is 59.9 Å². The van der Waals surface area contributed by atoms with E-state index >= 15 is 0 Å². The number of allylic oxidation sites excluding steroid dienone is 1. The van der Waals surface area contributed by atoms with Crippen LogP contribution in [0.25, 0.3) is 0 Å². The van der Waals surface area contributed by atoms with Crippen molar-refractivity contribution in [2.24, 2.45) is 5.41 Å². The molecule has 144 valence electrons. The summed E-state index contributed by atoms with van der Waals surface area (Å²) in [4.78, 5) is 27.8. The van der Waals surface area contributed by atoms with Crippen LogP contribution in [0.1, 0.15) is 54.2 Å². The lowest BCUT2D eigenvalue weighted by molar-refractivity contribution is -0.119. The second-order valence-corrected chi connectivity index (χ2v) is 8.72. The maximum Gasteiger partial charge on any atom is 0.255 e. The summed E-state index contributed by atoms with van der Waals surface area (Å²) in [5.74, 6) is -0.175. The first-order valence-electron chi connectivity index (χ1n) is 9.37. The number of amides is 1. The van der Waals surface area contributed by atoms with Crippen LogP contribution in [0, 0.1) is 5.41 Å². The molecular formula is C23H22ClNO3. The van der Waals surface area contributed by atoms with Crippen LogP contribution in [-0.4, -0.2) is 21.7 Å². The van der Waals surface area contributed by atoms with Gasteiger partial charge in [-0.25, -0.2) is 0 Å². The molecule has 1 atom stereocenters. The molecule has 0 aromatic heterocycles. The number of fused-ring (bicyclic) bond motifs is 1. The first-order chi connectivity index (χ1) is 13.3. The third-order valence-corrected chi connectivity index (χ3v) is 5.90. The lowest BCUT2D eigenvalue weighted by Gasteiger charge is -2.34. The van der Waals surface area contributed by atoms with E-state index in [1.165, 1.54) is 0 Å². The summed E-state index contributed by atoms with van der Waals surface area (Å²) in [6.07, 6.45) is 0.764. The topological polar surface area (TPSA) is 57.6 Å². The van der Waals surface area contributed by atoms with Crippen molar-refractivity contribution < 1.29 is 14.7 Å². The van der Waals surface area contributed by atoms with Crippen molar-refractivity contribution in [2.75, 3.05) is 0 Å². The minimum Gasteiger partial charge on any atom is -0.512 e. The normalized spacial score (nSPS) is 21.2. The minimum atomic E-state index is -0.594. The molecule has 28 heavy (non-hydrogen) atoms. The van der Waals surface area contributed by atoms with Crippen molar-refractivity contribution in [2.45, 2.75) is 39.3 Å². The van der Waals surface area contributed by atoms with E-state index in [9.17, 15) is 14.7 Å². The number of carbonyl (C=O) groups excluding carboxylic acids is 2. The van der Waals surface area contributed by atoms with Gasteiger partial charge in [-0.15, -0.1) is 0 Å². The van der Waals surface area contributed by atoms with Gasteiger partial charge in [-0.05, 0) is 28.7 Å². The molecule has 0 bridgehead atoms. The predicted octanol–water partition coefficient (Wildman–Crippen LogP) is 5.24. The molecule has 1 heterocycles. The number of nitrogens with zero attached hydrogens (tertiary/aromatic N) is 1. The standard InChI is InChI=1S/C23H22ClNO3/c1-23(2)11-18(26)20(19(27)12-23)21-15-8-4-5-9-16(15)22(28)25(21)13-14-7-3-6-10-17(14)24/h3-10,21,26H,11-13H2,1-2H3.